The molecule has 0 aliphatic rings. The zero-order valence-electron chi connectivity index (χ0n) is 14.6. The van der Waals surface area contributed by atoms with Crippen LogP contribution in [0.25, 0.3) is 0 Å². The highest BCUT2D eigenvalue weighted by molar-refractivity contribution is 14.1. The molecule has 0 bridgehead atoms. The number of amides is 1. The van der Waals surface area contributed by atoms with E-state index in [2.05, 4.69) is 5.32 Å². The molecule has 0 saturated heterocycles. The molecule has 2 N–H and O–H groups in total. The molecule has 1 atom stereocenters. The summed E-state index contributed by atoms with van der Waals surface area (Å²) in [7, 11) is 0. The van der Waals surface area contributed by atoms with Crippen LogP contribution < -0.4 is 5.32 Å². The first-order chi connectivity index (χ1) is 11.0. The number of hydrogen-bond donors (Lipinski definition) is 2. The quantitative estimate of drug-likeness (QED) is 0.532. The second-order valence-electron chi connectivity index (χ2n) is 6.64. The Morgan fingerprint density at radius 1 is 1.25 bits per heavy atom. The molecular weight excluding hydrogens is 425 g/mol. The van der Waals surface area contributed by atoms with Crippen molar-refractivity contribution in [1.82, 2.24) is 5.32 Å². The molecular formula is C17H24INO5. The highest BCUT2D eigenvalue weighted by Gasteiger charge is 2.38. The van der Waals surface area contributed by atoms with Crippen molar-refractivity contribution >= 4 is 34.7 Å². The minimum Gasteiger partial charge on any atom is -0.507 e. The molecule has 7 heteroatoms. The number of carbonyl (C=O) groups is 2. The first-order valence-corrected chi connectivity index (χ1v) is 8.70. The molecule has 0 radical (unpaired) electrons. The molecule has 0 heterocycles. The Labute approximate surface area is 156 Å². The number of esters is 1. The lowest BCUT2D eigenvalue weighted by Gasteiger charge is -2.30. The zero-order chi connectivity index (χ0) is 18.5. The Kier molecular flexibility index (Phi) is 6.88. The number of hydrogen-bond acceptors (Lipinski definition) is 5. The van der Waals surface area contributed by atoms with Gasteiger partial charge < -0.3 is 19.9 Å². The summed E-state index contributed by atoms with van der Waals surface area (Å²) in [5.74, 6) is -0.378. The summed E-state index contributed by atoms with van der Waals surface area (Å²) in [5.41, 5.74) is -1.17. The van der Waals surface area contributed by atoms with Crippen LogP contribution in [-0.4, -0.2) is 34.9 Å². The lowest BCUT2D eigenvalue weighted by molar-refractivity contribution is -0.150. The Morgan fingerprint density at radius 2 is 1.88 bits per heavy atom. The van der Waals surface area contributed by atoms with Crippen LogP contribution in [0.5, 0.6) is 5.75 Å². The predicted octanol–water partition coefficient (Wildman–Crippen LogP) is 3.39. The maximum Gasteiger partial charge on any atom is 0.408 e. The van der Waals surface area contributed by atoms with E-state index >= 15 is 0 Å². The molecule has 1 aromatic rings. The van der Waals surface area contributed by atoms with Crippen LogP contribution in [0.4, 0.5) is 4.79 Å². The average molecular weight is 449 g/mol. The number of halogens is 1. The van der Waals surface area contributed by atoms with Crippen LogP contribution >= 0.6 is 22.6 Å². The standard InChI is InChI=1S/C17H24INO5/c1-6-23-14(21)17(5,19-15(22)24-16(2,3)4)10-11-7-8-13(20)12(18)9-11/h7-9,20H,6,10H2,1-5H3,(H,19,22)/t17-/m0/s1. The van der Waals surface area contributed by atoms with Gasteiger partial charge in [-0.15, -0.1) is 0 Å². The molecule has 6 nitrogen and oxygen atoms in total. The minimum absolute atomic E-state index is 0.164. The van der Waals surface area contributed by atoms with Crippen molar-refractivity contribution in [2.75, 3.05) is 6.61 Å². The van der Waals surface area contributed by atoms with Gasteiger partial charge in [0.1, 0.15) is 16.9 Å². The molecule has 1 aromatic carbocycles. The van der Waals surface area contributed by atoms with Gasteiger partial charge >= 0.3 is 12.1 Å². The van der Waals surface area contributed by atoms with Gasteiger partial charge in [0.05, 0.1) is 10.2 Å². The van der Waals surface area contributed by atoms with Gasteiger partial charge in [0.2, 0.25) is 0 Å². The summed E-state index contributed by atoms with van der Waals surface area (Å²) in [6, 6.07) is 5.01. The third-order valence-corrected chi connectivity index (χ3v) is 3.94. The number of ether oxygens (including phenoxy) is 2. The fraction of sp³-hybridized carbons (Fsp3) is 0.529. The zero-order valence-corrected chi connectivity index (χ0v) is 16.8. The number of alkyl carbamates (subject to hydrolysis) is 1. The van der Waals surface area contributed by atoms with Crippen molar-refractivity contribution < 1.29 is 24.2 Å². The summed E-state index contributed by atoms with van der Waals surface area (Å²) in [6.07, 6.45) is -0.479. The van der Waals surface area contributed by atoms with E-state index in [0.29, 0.717) is 3.57 Å². The molecule has 134 valence electrons. The summed E-state index contributed by atoms with van der Waals surface area (Å²) < 4.78 is 11.0. The maximum atomic E-state index is 12.4. The minimum atomic E-state index is -1.28. The molecule has 24 heavy (non-hydrogen) atoms. The van der Waals surface area contributed by atoms with Crippen molar-refractivity contribution in [1.29, 1.82) is 0 Å². The highest BCUT2D eigenvalue weighted by Crippen LogP contribution is 2.24. The van der Waals surface area contributed by atoms with Gasteiger partial charge in [-0.1, -0.05) is 6.07 Å². The number of carbonyl (C=O) groups excluding carboxylic acids is 2. The molecule has 0 aliphatic heterocycles. The fourth-order valence-electron chi connectivity index (χ4n) is 2.06. The summed E-state index contributed by atoms with van der Waals surface area (Å²) in [6.45, 7) is 8.74. The molecule has 0 aromatic heterocycles. The van der Waals surface area contributed by atoms with E-state index < -0.39 is 23.2 Å². The van der Waals surface area contributed by atoms with E-state index in [1.54, 1.807) is 52.8 Å². The van der Waals surface area contributed by atoms with Crippen molar-refractivity contribution in [3.05, 3.63) is 27.3 Å². The average Bonchev–Trinajstić information content (AvgIpc) is 2.40. The van der Waals surface area contributed by atoms with Gasteiger partial charge in [0, 0.05) is 6.42 Å². The van der Waals surface area contributed by atoms with Crippen LogP contribution in [-0.2, 0) is 20.7 Å². The predicted molar refractivity (Wildman–Crippen MR) is 98.9 cm³/mol. The second kappa shape index (κ2) is 8.04. The molecule has 1 rings (SSSR count). The maximum absolute atomic E-state index is 12.4. The van der Waals surface area contributed by atoms with E-state index in [0.717, 1.165) is 5.56 Å². The van der Waals surface area contributed by atoms with Gasteiger partial charge in [-0.3, -0.25) is 0 Å². The number of nitrogens with one attached hydrogen (secondary N) is 1. The first kappa shape index (κ1) is 20.5. The highest BCUT2D eigenvalue weighted by atomic mass is 127. The third kappa shape index (κ3) is 6.18. The second-order valence-corrected chi connectivity index (χ2v) is 7.80. The molecule has 1 amide bonds. The number of rotatable bonds is 5. The van der Waals surface area contributed by atoms with Crippen molar-refractivity contribution in [2.45, 2.75) is 52.2 Å². The van der Waals surface area contributed by atoms with E-state index in [-0.39, 0.29) is 18.8 Å². The Morgan fingerprint density at radius 3 is 2.38 bits per heavy atom. The first-order valence-electron chi connectivity index (χ1n) is 7.62. The Bertz CT molecular complexity index is 611. The monoisotopic (exact) mass is 449 g/mol. The molecule has 0 fully saturated rings. The van der Waals surface area contributed by atoms with E-state index in [1.807, 2.05) is 22.6 Å². The van der Waals surface area contributed by atoms with Gasteiger partial charge in [0.25, 0.3) is 0 Å². The van der Waals surface area contributed by atoms with Crippen LogP contribution in [0, 0.1) is 3.57 Å². The smallest absolute Gasteiger partial charge is 0.408 e. The SMILES string of the molecule is CCOC(=O)[C@](C)(Cc1ccc(O)c(I)c1)NC(=O)OC(C)(C)C. The van der Waals surface area contributed by atoms with Crippen molar-refractivity contribution in [3.63, 3.8) is 0 Å². The molecule has 0 unspecified atom stereocenters. The lowest BCUT2D eigenvalue weighted by Crippen LogP contribution is -2.55. The van der Waals surface area contributed by atoms with Gasteiger partial charge in [-0.25, -0.2) is 9.59 Å². The molecule has 0 spiro atoms. The van der Waals surface area contributed by atoms with Crippen LogP contribution in [0.15, 0.2) is 18.2 Å². The number of benzene rings is 1. The number of phenolic OH excluding ortho intramolecular Hbond substituents is 1. The van der Waals surface area contributed by atoms with Gasteiger partial charge in [-0.2, -0.15) is 0 Å². The van der Waals surface area contributed by atoms with Crippen molar-refractivity contribution in [3.8, 4) is 5.75 Å². The Balaban J connectivity index is 3.03. The van der Waals surface area contributed by atoms with Crippen LogP contribution in [0.3, 0.4) is 0 Å². The van der Waals surface area contributed by atoms with Crippen LogP contribution in [0.1, 0.15) is 40.2 Å². The van der Waals surface area contributed by atoms with Gasteiger partial charge in [-0.05, 0) is 74.9 Å². The number of aromatic hydroxyl groups is 1. The summed E-state index contributed by atoms with van der Waals surface area (Å²) in [4.78, 5) is 24.5. The normalized spacial score (nSPS) is 13.8. The van der Waals surface area contributed by atoms with Crippen LogP contribution in [0.2, 0.25) is 0 Å². The topological polar surface area (TPSA) is 84.9 Å². The van der Waals surface area contributed by atoms with Gasteiger partial charge in [0.15, 0.2) is 0 Å². The molecule has 0 saturated carbocycles. The van der Waals surface area contributed by atoms with Crippen molar-refractivity contribution in [2.24, 2.45) is 0 Å². The van der Waals surface area contributed by atoms with E-state index in [9.17, 15) is 14.7 Å². The summed E-state index contributed by atoms with van der Waals surface area (Å²) >= 11 is 2.00. The van der Waals surface area contributed by atoms with E-state index in [4.69, 9.17) is 9.47 Å². The fourth-order valence-corrected chi connectivity index (χ4v) is 2.64. The summed E-state index contributed by atoms with van der Waals surface area (Å²) in [5, 5.41) is 12.2. The third-order valence-electron chi connectivity index (χ3n) is 3.07. The Hall–Kier alpha value is -1.51. The number of phenols is 1. The van der Waals surface area contributed by atoms with E-state index in [1.165, 1.54) is 0 Å². The molecule has 0 aliphatic carbocycles. The lowest BCUT2D eigenvalue weighted by atomic mass is 9.93. The largest absolute Gasteiger partial charge is 0.507 e.